The zero-order valence-electron chi connectivity index (χ0n) is 19.3. The molecule has 0 aromatic carbocycles. The highest BCUT2D eigenvalue weighted by Crippen LogP contribution is 2.26. The van der Waals surface area contributed by atoms with Gasteiger partial charge in [0.05, 0.1) is 30.1 Å². The topological polar surface area (TPSA) is 102 Å². The SMILES string of the molecule is Cc1ncsc1CCC(=O)N(CC1CCCO1)c1ncc(C(=O)NCc2ccc3nccn3c2)s1. The highest BCUT2D eigenvalue weighted by molar-refractivity contribution is 7.17. The van der Waals surface area contributed by atoms with Crippen LogP contribution in [0.1, 0.15) is 45.1 Å². The summed E-state index contributed by atoms with van der Waals surface area (Å²) in [6.07, 6.45) is 9.96. The zero-order valence-corrected chi connectivity index (χ0v) is 21.0. The quantitative estimate of drug-likeness (QED) is 0.369. The number of thiazole rings is 2. The van der Waals surface area contributed by atoms with E-state index in [4.69, 9.17) is 4.74 Å². The average Bonchev–Trinajstić information content (AvgIpc) is 3.66. The van der Waals surface area contributed by atoms with Crippen LogP contribution in [0.3, 0.4) is 0 Å². The number of anilines is 1. The highest BCUT2D eigenvalue weighted by atomic mass is 32.1. The molecule has 0 bridgehead atoms. The van der Waals surface area contributed by atoms with Crippen LogP contribution in [0.2, 0.25) is 0 Å². The largest absolute Gasteiger partial charge is 0.376 e. The van der Waals surface area contributed by atoms with Gasteiger partial charge < -0.3 is 14.5 Å². The number of imidazole rings is 1. The van der Waals surface area contributed by atoms with E-state index in [-0.39, 0.29) is 17.9 Å². The molecule has 1 fully saturated rings. The van der Waals surface area contributed by atoms with Crippen molar-refractivity contribution >= 4 is 45.3 Å². The molecule has 4 aromatic heterocycles. The maximum atomic E-state index is 13.2. The van der Waals surface area contributed by atoms with Crippen LogP contribution >= 0.6 is 22.7 Å². The highest BCUT2D eigenvalue weighted by Gasteiger charge is 2.26. The van der Waals surface area contributed by atoms with Crippen molar-refractivity contribution in [1.82, 2.24) is 24.7 Å². The maximum absolute atomic E-state index is 13.2. The minimum Gasteiger partial charge on any atom is -0.376 e. The second kappa shape index (κ2) is 10.6. The normalized spacial score (nSPS) is 15.5. The predicted octanol–water partition coefficient (Wildman–Crippen LogP) is 3.63. The van der Waals surface area contributed by atoms with Crippen molar-refractivity contribution in [3.8, 4) is 0 Å². The molecule has 0 saturated carbocycles. The van der Waals surface area contributed by atoms with Crippen LogP contribution in [-0.2, 0) is 22.5 Å². The van der Waals surface area contributed by atoms with Crippen molar-refractivity contribution in [3.05, 3.63) is 63.4 Å². The number of pyridine rings is 1. The van der Waals surface area contributed by atoms with E-state index < -0.39 is 0 Å². The molecular weight excluding hydrogens is 484 g/mol. The summed E-state index contributed by atoms with van der Waals surface area (Å²) < 4.78 is 7.69. The van der Waals surface area contributed by atoms with E-state index in [9.17, 15) is 9.59 Å². The minimum atomic E-state index is -0.218. The van der Waals surface area contributed by atoms with Crippen LogP contribution in [0.15, 0.2) is 42.4 Å². The van der Waals surface area contributed by atoms with Crippen LogP contribution in [0.5, 0.6) is 0 Å². The number of carbonyl (C=O) groups excluding carboxylic acids is 2. The Balaban J connectivity index is 1.25. The molecular formula is C24H26N6O3S2. The van der Waals surface area contributed by atoms with Crippen LogP contribution < -0.4 is 10.2 Å². The predicted molar refractivity (Wildman–Crippen MR) is 135 cm³/mol. The molecule has 1 N–H and O–H groups in total. The van der Waals surface area contributed by atoms with Gasteiger partial charge in [-0.2, -0.15) is 0 Å². The number of aryl methyl sites for hydroxylation is 2. The standard InChI is InChI=1S/C24H26N6O3S2/c1-16-19(34-15-28-16)5-7-22(31)30(14-18-3-2-10-33-18)24-27-12-20(35-24)23(32)26-11-17-4-6-21-25-8-9-29(21)13-17/h4,6,8-9,12-13,15,18H,2-3,5,7,10-11,14H2,1H3,(H,26,32). The van der Waals surface area contributed by atoms with E-state index in [0.29, 0.717) is 42.5 Å². The Labute approximate surface area is 210 Å². The van der Waals surface area contributed by atoms with E-state index in [2.05, 4.69) is 20.3 Å². The number of carbonyl (C=O) groups is 2. The number of nitrogens with zero attached hydrogens (tertiary/aromatic N) is 5. The van der Waals surface area contributed by atoms with Gasteiger partial charge in [-0.3, -0.25) is 14.5 Å². The van der Waals surface area contributed by atoms with E-state index in [0.717, 1.165) is 34.6 Å². The van der Waals surface area contributed by atoms with Crippen molar-refractivity contribution < 1.29 is 14.3 Å². The Morgan fingerprint density at radius 3 is 3.00 bits per heavy atom. The van der Waals surface area contributed by atoms with Crippen molar-refractivity contribution in [2.45, 2.75) is 45.3 Å². The van der Waals surface area contributed by atoms with E-state index in [1.54, 1.807) is 27.9 Å². The minimum absolute atomic E-state index is 0.0108. The summed E-state index contributed by atoms with van der Waals surface area (Å²) in [5.74, 6) is -0.243. The van der Waals surface area contributed by atoms with Gasteiger partial charge in [0.2, 0.25) is 5.91 Å². The molecule has 1 aliphatic rings. The molecule has 11 heteroatoms. The first-order valence-corrected chi connectivity index (χ1v) is 13.2. The van der Waals surface area contributed by atoms with Gasteiger partial charge in [0.25, 0.3) is 5.91 Å². The average molecular weight is 511 g/mol. The molecule has 5 heterocycles. The van der Waals surface area contributed by atoms with Gasteiger partial charge in [-0.25, -0.2) is 15.0 Å². The van der Waals surface area contributed by atoms with Gasteiger partial charge >= 0.3 is 0 Å². The van der Waals surface area contributed by atoms with Gasteiger partial charge in [0.15, 0.2) is 5.13 Å². The summed E-state index contributed by atoms with van der Waals surface area (Å²) in [4.78, 5) is 42.2. The lowest BCUT2D eigenvalue weighted by molar-refractivity contribution is -0.119. The van der Waals surface area contributed by atoms with Crippen molar-refractivity contribution in [2.24, 2.45) is 0 Å². The monoisotopic (exact) mass is 510 g/mol. The smallest absolute Gasteiger partial charge is 0.263 e. The Morgan fingerprint density at radius 2 is 2.20 bits per heavy atom. The Morgan fingerprint density at radius 1 is 1.29 bits per heavy atom. The number of rotatable bonds is 9. The first-order chi connectivity index (χ1) is 17.1. The molecule has 1 unspecified atom stereocenters. The Hall–Kier alpha value is -3.15. The van der Waals surface area contributed by atoms with Gasteiger partial charge in [0, 0.05) is 43.0 Å². The summed E-state index contributed by atoms with van der Waals surface area (Å²) in [5, 5.41) is 3.47. The molecule has 35 heavy (non-hydrogen) atoms. The molecule has 4 aromatic rings. The Kier molecular flexibility index (Phi) is 7.16. The lowest BCUT2D eigenvalue weighted by Crippen LogP contribution is -2.37. The van der Waals surface area contributed by atoms with Gasteiger partial charge in [-0.15, -0.1) is 11.3 Å². The number of hydrogen-bond acceptors (Lipinski definition) is 8. The number of hydrogen-bond donors (Lipinski definition) is 1. The van der Waals surface area contributed by atoms with E-state index >= 15 is 0 Å². The third-order valence-corrected chi connectivity index (χ3v) is 7.99. The lowest BCUT2D eigenvalue weighted by Gasteiger charge is -2.23. The molecule has 5 rings (SSSR count). The second-order valence-corrected chi connectivity index (χ2v) is 10.4. The number of fused-ring (bicyclic) bond motifs is 1. The first-order valence-electron chi connectivity index (χ1n) is 11.5. The fourth-order valence-electron chi connectivity index (χ4n) is 4.03. The summed E-state index contributed by atoms with van der Waals surface area (Å²) in [6, 6.07) is 3.85. The molecule has 2 amide bonds. The van der Waals surface area contributed by atoms with Crippen molar-refractivity contribution in [1.29, 1.82) is 0 Å². The molecule has 182 valence electrons. The first kappa shape index (κ1) is 23.6. The fourth-order valence-corrected chi connectivity index (χ4v) is 5.68. The van der Waals surface area contributed by atoms with Crippen LogP contribution in [0, 0.1) is 6.92 Å². The fraction of sp³-hybridized carbons (Fsp3) is 0.375. The molecule has 0 radical (unpaired) electrons. The van der Waals surface area contributed by atoms with Gasteiger partial charge in [0.1, 0.15) is 10.5 Å². The van der Waals surface area contributed by atoms with Crippen LogP contribution in [0.4, 0.5) is 5.13 Å². The zero-order chi connectivity index (χ0) is 24.2. The molecule has 9 nitrogen and oxygen atoms in total. The molecule has 0 aliphatic carbocycles. The van der Waals surface area contributed by atoms with E-state index in [1.165, 1.54) is 17.5 Å². The lowest BCUT2D eigenvalue weighted by atomic mass is 10.2. The number of amides is 2. The number of ether oxygens (including phenoxy) is 1. The van der Waals surface area contributed by atoms with Gasteiger partial charge in [-0.05, 0) is 37.8 Å². The molecule has 1 atom stereocenters. The van der Waals surface area contributed by atoms with Crippen molar-refractivity contribution in [3.63, 3.8) is 0 Å². The summed E-state index contributed by atoms with van der Waals surface area (Å²) in [5.41, 5.74) is 4.59. The second-order valence-electron chi connectivity index (χ2n) is 8.42. The third kappa shape index (κ3) is 5.58. The van der Waals surface area contributed by atoms with Crippen LogP contribution in [0.25, 0.3) is 5.65 Å². The summed E-state index contributed by atoms with van der Waals surface area (Å²) in [7, 11) is 0. The molecule has 1 saturated heterocycles. The van der Waals surface area contributed by atoms with Crippen molar-refractivity contribution in [2.75, 3.05) is 18.1 Å². The van der Waals surface area contributed by atoms with Gasteiger partial charge in [-0.1, -0.05) is 17.4 Å². The summed E-state index contributed by atoms with van der Waals surface area (Å²) >= 11 is 2.79. The molecule has 1 aliphatic heterocycles. The summed E-state index contributed by atoms with van der Waals surface area (Å²) in [6.45, 7) is 3.50. The number of nitrogens with one attached hydrogen (secondary N) is 1. The third-order valence-electron chi connectivity index (χ3n) is 5.97. The maximum Gasteiger partial charge on any atom is 0.263 e. The molecule has 0 spiro atoms. The Bertz CT molecular complexity index is 1320. The van der Waals surface area contributed by atoms with E-state index in [1.807, 2.05) is 35.9 Å². The van der Waals surface area contributed by atoms with Crippen LogP contribution in [-0.4, -0.2) is 50.4 Å². The number of aromatic nitrogens is 4.